The number of fused-ring (bicyclic) bond motifs is 1. The molecule has 0 spiro atoms. The molecule has 0 aromatic heterocycles. The highest BCUT2D eigenvalue weighted by Gasteiger charge is 2.34. The highest BCUT2D eigenvalue weighted by molar-refractivity contribution is 6.31. The van der Waals surface area contributed by atoms with Crippen LogP contribution < -0.4 is 10.7 Å². The Balaban J connectivity index is 1.72. The number of nitrogens with zero attached hydrogens (tertiary/aromatic N) is 1. The van der Waals surface area contributed by atoms with Crippen molar-refractivity contribution in [1.82, 2.24) is 10.4 Å². The molecule has 0 saturated heterocycles. The predicted octanol–water partition coefficient (Wildman–Crippen LogP) is 3.66. The number of carbonyl (C=O) groups is 2. The Kier molecular flexibility index (Phi) is 4.74. The van der Waals surface area contributed by atoms with E-state index in [4.69, 9.17) is 11.6 Å². The minimum absolute atomic E-state index is 0.0304. The van der Waals surface area contributed by atoms with E-state index < -0.39 is 18.0 Å². The Morgan fingerprint density at radius 3 is 2.24 bits per heavy atom. The van der Waals surface area contributed by atoms with Crippen LogP contribution >= 0.6 is 11.6 Å². The Morgan fingerprint density at radius 2 is 1.59 bits per heavy atom. The van der Waals surface area contributed by atoms with Crippen LogP contribution in [0.15, 0.2) is 66.7 Å². The van der Waals surface area contributed by atoms with Crippen molar-refractivity contribution in [2.75, 3.05) is 5.32 Å². The lowest BCUT2D eigenvalue weighted by Crippen LogP contribution is -2.52. The molecule has 1 atom stereocenters. The number of halogens is 1. The molecule has 8 heteroatoms. The van der Waals surface area contributed by atoms with Crippen LogP contribution in [-0.2, 0) is 0 Å². The van der Waals surface area contributed by atoms with Crippen LogP contribution in [0.4, 0.5) is 5.69 Å². The van der Waals surface area contributed by atoms with Crippen molar-refractivity contribution < 1.29 is 19.8 Å². The number of aromatic hydroxyl groups is 2. The summed E-state index contributed by atoms with van der Waals surface area (Å²) < 4.78 is 0. The van der Waals surface area contributed by atoms with E-state index in [1.54, 1.807) is 24.3 Å². The van der Waals surface area contributed by atoms with E-state index in [0.717, 1.165) is 0 Å². The molecule has 29 heavy (non-hydrogen) atoms. The van der Waals surface area contributed by atoms with Gasteiger partial charge in [0.2, 0.25) is 0 Å². The molecule has 146 valence electrons. The Bertz CT molecular complexity index is 1080. The van der Waals surface area contributed by atoms with Gasteiger partial charge in [0.25, 0.3) is 11.8 Å². The van der Waals surface area contributed by atoms with E-state index in [2.05, 4.69) is 10.7 Å². The Morgan fingerprint density at radius 1 is 0.966 bits per heavy atom. The second-order valence-corrected chi connectivity index (χ2v) is 6.93. The second kappa shape index (κ2) is 7.37. The third kappa shape index (κ3) is 3.68. The molecule has 0 aliphatic carbocycles. The van der Waals surface area contributed by atoms with Gasteiger partial charge in [0.05, 0.1) is 5.56 Å². The minimum atomic E-state index is -0.710. The second-order valence-electron chi connectivity index (χ2n) is 6.49. The van der Waals surface area contributed by atoms with Crippen molar-refractivity contribution in [3.8, 4) is 11.5 Å². The summed E-state index contributed by atoms with van der Waals surface area (Å²) in [6, 6.07) is 16.9. The zero-order valence-corrected chi connectivity index (χ0v) is 15.7. The number of hydrogen-bond acceptors (Lipinski definition) is 5. The number of hydrogen-bond donors (Lipinski definition) is 4. The summed E-state index contributed by atoms with van der Waals surface area (Å²) in [5.74, 6) is -0.841. The van der Waals surface area contributed by atoms with Crippen molar-refractivity contribution in [2.24, 2.45) is 0 Å². The van der Waals surface area contributed by atoms with Gasteiger partial charge in [-0.05, 0) is 60.2 Å². The van der Waals surface area contributed by atoms with Crippen LogP contribution in [0.3, 0.4) is 0 Å². The lowest BCUT2D eigenvalue weighted by Gasteiger charge is -2.37. The van der Waals surface area contributed by atoms with Crippen LogP contribution in [0.5, 0.6) is 11.5 Å². The molecule has 1 unspecified atom stereocenters. The summed E-state index contributed by atoms with van der Waals surface area (Å²) in [5.41, 5.74) is 4.45. The number of hydrazine groups is 1. The molecule has 0 fully saturated rings. The van der Waals surface area contributed by atoms with Gasteiger partial charge in [-0.15, -0.1) is 0 Å². The average molecular weight is 410 g/mol. The Hall–Kier alpha value is -3.71. The highest BCUT2D eigenvalue weighted by Crippen LogP contribution is 2.34. The zero-order chi connectivity index (χ0) is 20.5. The lowest BCUT2D eigenvalue weighted by molar-refractivity contribution is 0.0491. The largest absolute Gasteiger partial charge is 0.508 e. The Labute approximate surface area is 171 Å². The third-order valence-corrected chi connectivity index (χ3v) is 4.78. The number of nitrogens with one attached hydrogen (secondary N) is 2. The number of benzene rings is 3. The summed E-state index contributed by atoms with van der Waals surface area (Å²) in [5, 5.41) is 23.8. The van der Waals surface area contributed by atoms with Gasteiger partial charge < -0.3 is 15.5 Å². The van der Waals surface area contributed by atoms with Gasteiger partial charge in [0, 0.05) is 16.3 Å². The third-order valence-electron chi connectivity index (χ3n) is 4.54. The maximum atomic E-state index is 13.2. The van der Waals surface area contributed by atoms with Gasteiger partial charge in [-0.2, -0.15) is 0 Å². The standard InChI is InChI=1S/C21H16ClN3O4/c22-14-5-10-18-17(11-14)21(29)25(19(23-18)12-1-6-15(26)7-2-12)24-20(28)13-3-8-16(27)9-4-13/h1-11,19,23,26-27H,(H,24,28). The van der Waals surface area contributed by atoms with Gasteiger partial charge in [-0.1, -0.05) is 23.7 Å². The van der Waals surface area contributed by atoms with Crippen LogP contribution in [0.2, 0.25) is 5.02 Å². The first-order chi connectivity index (χ1) is 13.9. The number of rotatable bonds is 3. The van der Waals surface area contributed by atoms with Crippen molar-refractivity contribution in [3.63, 3.8) is 0 Å². The maximum Gasteiger partial charge on any atom is 0.276 e. The normalized spacial score (nSPS) is 15.4. The fourth-order valence-electron chi connectivity index (χ4n) is 3.07. The van der Waals surface area contributed by atoms with Gasteiger partial charge in [0.1, 0.15) is 17.7 Å². The first kappa shape index (κ1) is 18.6. The lowest BCUT2D eigenvalue weighted by atomic mass is 10.0. The summed E-state index contributed by atoms with van der Waals surface area (Å²) in [4.78, 5) is 25.9. The van der Waals surface area contributed by atoms with E-state index in [9.17, 15) is 19.8 Å². The van der Waals surface area contributed by atoms with Crippen LogP contribution in [-0.4, -0.2) is 27.0 Å². The van der Waals surface area contributed by atoms with Crippen molar-refractivity contribution in [2.45, 2.75) is 6.17 Å². The quantitative estimate of drug-likeness (QED) is 0.528. The summed E-state index contributed by atoms with van der Waals surface area (Å²) in [7, 11) is 0. The molecule has 1 aliphatic heterocycles. The van der Waals surface area contributed by atoms with Gasteiger partial charge >= 0.3 is 0 Å². The van der Waals surface area contributed by atoms with Gasteiger partial charge in [-0.25, -0.2) is 5.01 Å². The van der Waals surface area contributed by atoms with Crippen molar-refractivity contribution >= 4 is 29.1 Å². The molecule has 2 amide bonds. The molecule has 1 aliphatic rings. The monoisotopic (exact) mass is 409 g/mol. The number of phenols is 2. The number of anilines is 1. The van der Waals surface area contributed by atoms with Crippen LogP contribution in [0.1, 0.15) is 32.4 Å². The molecule has 3 aromatic carbocycles. The zero-order valence-electron chi connectivity index (χ0n) is 15.0. The fraction of sp³-hybridized carbons (Fsp3) is 0.0476. The molecular weight excluding hydrogens is 394 g/mol. The van der Waals surface area contributed by atoms with Gasteiger partial charge in [-0.3, -0.25) is 15.0 Å². The first-order valence-corrected chi connectivity index (χ1v) is 9.09. The SMILES string of the molecule is O=C(NN1C(=O)c2cc(Cl)ccc2NC1c1ccc(O)cc1)c1ccc(O)cc1. The summed E-state index contributed by atoms with van der Waals surface area (Å²) in [6.07, 6.45) is -0.710. The van der Waals surface area contributed by atoms with Crippen LogP contribution in [0.25, 0.3) is 0 Å². The molecule has 4 rings (SSSR count). The van der Waals surface area contributed by atoms with E-state index >= 15 is 0 Å². The number of carbonyl (C=O) groups excluding carboxylic acids is 2. The molecule has 4 N–H and O–H groups in total. The number of phenolic OH excluding ortho intramolecular Hbond substituents is 2. The van der Waals surface area contributed by atoms with Crippen molar-refractivity contribution in [1.29, 1.82) is 0 Å². The minimum Gasteiger partial charge on any atom is -0.508 e. The topological polar surface area (TPSA) is 102 Å². The number of amides is 2. The highest BCUT2D eigenvalue weighted by atomic mass is 35.5. The summed E-state index contributed by atoms with van der Waals surface area (Å²) >= 11 is 6.04. The van der Waals surface area contributed by atoms with Crippen molar-refractivity contribution in [3.05, 3.63) is 88.4 Å². The van der Waals surface area contributed by atoms with E-state index in [1.807, 2.05) is 0 Å². The molecular formula is C21H16ClN3O4. The van der Waals surface area contributed by atoms with E-state index in [-0.39, 0.29) is 17.1 Å². The molecule has 0 radical (unpaired) electrons. The van der Waals surface area contributed by atoms with Gasteiger partial charge in [0.15, 0.2) is 0 Å². The molecule has 0 bridgehead atoms. The molecule has 0 saturated carbocycles. The smallest absolute Gasteiger partial charge is 0.276 e. The first-order valence-electron chi connectivity index (χ1n) is 8.71. The molecule has 3 aromatic rings. The average Bonchev–Trinajstić information content (AvgIpc) is 2.71. The molecule has 1 heterocycles. The maximum absolute atomic E-state index is 13.2. The molecule has 7 nitrogen and oxygen atoms in total. The fourth-order valence-corrected chi connectivity index (χ4v) is 3.24. The van der Waals surface area contributed by atoms with E-state index in [0.29, 0.717) is 21.8 Å². The predicted molar refractivity (Wildman–Crippen MR) is 108 cm³/mol. The summed E-state index contributed by atoms with van der Waals surface area (Å²) in [6.45, 7) is 0. The van der Waals surface area contributed by atoms with Crippen LogP contribution in [0, 0.1) is 0 Å². The van der Waals surface area contributed by atoms with E-state index in [1.165, 1.54) is 47.5 Å².